The third kappa shape index (κ3) is 4.19. The zero-order valence-electron chi connectivity index (χ0n) is 17.3. The van der Waals surface area contributed by atoms with Crippen LogP contribution in [0.2, 0.25) is 0 Å². The minimum absolute atomic E-state index is 0.0163. The summed E-state index contributed by atoms with van der Waals surface area (Å²) < 4.78 is 0.652. The highest BCUT2D eigenvalue weighted by Crippen LogP contribution is 2.36. The van der Waals surface area contributed by atoms with E-state index in [-0.39, 0.29) is 5.91 Å². The average Bonchev–Trinajstić information content (AvgIpc) is 2.95. The van der Waals surface area contributed by atoms with Gasteiger partial charge in [-0.15, -0.1) is 0 Å². The molecule has 152 valence electrons. The highest BCUT2D eigenvalue weighted by molar-refractivity contribution is 8.26. The van der Waals surface area contributed by atoms with Crippen molar-refractivity contribution in [2.24, 2.45) is 5.92 Å². The van der Waals surface area contributed by atoms with Gasteiger partial charge in [0.05, 0.1) is 10.4 Å². The molecule has 1 amide bonds. The number of hydrogen-bond donors (Lipinski definition) is 0. The summed E-state index contributed by atoms with van der Waals surface area (Å²) in [6.45, 7) is 9.00. The summed E-state index contributed by atoms with van der Waals surface area (Å²) in [6, 6.07) is 8.43. The molecule has 0 N–H and O–H groups in total. The number of hydrogen-bond acceptors (Lipinski definition) is 5. The van der Waals surface area contributed by atoms with Gasteiger partial charge in [0.15, 0.2) is 0 Å². The summed E-state index contributed by atoms with van der Waals surface area (Å²) >= 11 is 6.89. The normalized spacial score (nSPS) is 19.2. The standard InChI is InChI=1S/C23H27N3OS2/c1-15(2)14-26-22(27)19(29-23(26)28)13-18-12-17-9-7-8-16(3)20(17)24-21(18)25-10-5-4-6-11-25/h7-9,12-13,15H,4-6,10-11,14H2,1-3H3/b19-13-. The van der Waals surface area contributed by atoms with E-state index < -0.39 is 0 Å². The molecular weight excluding hydrogens is 398 g/mol. The molecule has 0 saturated carbocycles. The first-order valence-corrected chi connectivity index (χ1v) is 11.6. The third-order valence-electron chi connectivity index (χ3n) is 5.42. The van der Waals surface area contributed by atoms with E-state index in [0.29, 0.717) is 21.7 Å². The first-order chi connectivity index (χ1) is 13.9. The van der Waals surface area contributed by atoms with Gasteiger partial charge in [0.2, 0.25) is 0 Å². The molecular formula is C23H27N3OS2. The molecule has 29 heavy (non-hydrogen) atoms. The number of fused-ring (bicyclic) bond motifs is 1. The Morgan fingerprint density at radius 1 is 1.24 bits per heavy atom. The molecule has 4 rings (SSSR count). The number of amides is 1. The number of benzene rings is 1. The van der Waals surface area contributed by atoms with Crippen LogP contribution in [-0.4, -0.2) is 39.7 Å². The first-order valence-electron chi connectivity index (χ1n) is 10.3. The van der Waals surface area contributed by atoms with E-state index in [1.165, 1.54) is 36.6 Å². The number of thioether (sulfide) groups is 1. The molecule has 2 fully saturated rings. The van der Waals surface area contributed by atoms with Crippen LogP contribution in [0.5, 0.6) is 0 Å². The first kappa shape index (κ1) is 20.4. The molecule has 0 aliphatic carbocycles. The lowest BCUT2D eigenvalue weighted by atomic mass is 10.1. The highest BCUT2D eigenvalue weighted by atomic mass is 32.2. The summed E-state index contributed by atoms with van der Waals surface area (Å²) in [5.74, 6) is 1.38. The number of piperidine rings is 1. The molecule has 0 bridgehead atoms. The zero-order valence-corrected chi connectivity index (χ0v) is 18.9. The van der Waals surface area contributed by atoms with Crippen molar-refractivity contribution in [3.8, 4) is 0 Å². The van der Waals surface area contributed by atoms with Gasteiger partial charge >= 0.3 is 0 Å². The maximum absolute atomic E-state index is 13.0. The van der Waals surface area contributed by atoms with Crippen molar-refractivity contribution in [1.82, 2.24) is 9.88 Å². The molecule has 0 spiro atoms. The average molecular weight is 426 g/mol. The van der Waals surface area contributed by atoms with Gasteiger partial charge < -0.3 is 4.90 Å². The van der Waals surface area contributed by atoms with E-state index >= 15 is 0 Å². The molecule has 1 aromatic carbocycles. The van der Waals surface area contributed by atoms with E-state index in [9.17, 15) is 4.79 Å². The number of para-hydroxylation sites is 1. The molecule has 0 radical (unpaired) electrons. The van der Waals surface area contributed by atoms with Gasteiger partial charge in [-0.25, -0.2) is 4.98 Å². The van der Waals surface area contributed by atoms with Crippen LogP contribution in [-0.2, 0) is 4.79 Å². The Morgan fingerprint density at radius 3 is 2.72 bits per heavy atom. The van der Waals surface area contributed by atoms with E-state index in [0.717, 1.165) is 35.4 Å². The topological polar surface area (TPSA) is 36.4 Å². The molecule has 2 saturated heterocycles. The largest absolute Gasteiger partial charge is 0.356 e. The number of nitrogens with zero attached hydrogens (tertiary/aromatic N) is 3. The van der Waals surface area contributed by atoms with Gasteiger partial charge in [-0.1, -0.05) is 56.0 Å². The smallest absolute Gasteiger partial charge is 0.266 e. The Hall–Kier alpha value is -1.92. The summed E-state index contributed by atoms with van der Waals surface area (Å²) in [5.41, 5.74) is 3.23. The lowest BCUT2D eigenvalue weighted by Crippen LogP contribution is -2.31. The Bertz CT molecular complexity index is 993. The van der Waals surface area contributed by atoms with Crippen LogP contribution in [0.15, 0.2) is 29.2 Å². The number of thiocarbonyl (C=S) groups is 1. The van der Waals surface area contributed by atoms with Crippen LogP contribution in [0.1, 0.15) is 44.2 Å². The fourth-order valence-corrected chi connectivity index (χ4v) is 5.25. The van der Waals surface area contributed by atoms with Gasteiger partial charge in [-0.2, -0.15) is 0 Å². The molecule has 1 aromatic heterocycles. The molecule has 2 aromatic rings. The number of aryl methyl sites for hydroxylation is 1. The number of carbonyl (C=O) groups excluding carboxylic acids is 1. The Kier molecular flexibility index (Phi) is 5.93. The van der Waals surface area contributed by atoms with Crippen LogP contribution in [0.4, 0.5) is 5.82 Å². The minimum Gasteiger partial charge on any atom is -0.356 e. The Balaban J connectivity index is 1.79. The van der Waals surface area contributed by atoms with Crippen LogP contribution in [0, 0.1) is 12.8 Å². The molecule has 6 heteroatoms. The van der Waals surface area contributed by atoms with Crippen molar-refractivity contribution in [3.63, 3.8) is 0 Å². The highest BCUT2D eigenvalue weighted by Gasteiger charge is 2.32. The fraction of sp³-hybridized carbons (Fsp3) is 0.435. The fourth-order valence-electron chi connectivity index (χ4n) is 3.98. The van der Waals surface area contributed by atoms with Gasteiger partial charge in [-0.05, 0) is 49.8 Å². The summed E-state index contributed by atoms with van der Waals surface area (Å²) in [6.07, 6.45) is 5.64. The second-order valence-corrected chi connectivity index (χ2v) is 9.96. The summed E-state index contributed by atoms with van der Waals surface area (Å²) in [7, 11) is 0. The molecule has 2 aliphatic heterocycles. The lowest BCUT2D eigenvalue weighted by Gasteiger charge is -2.29. The van der Waals surface area contributed by atoms with Crippen molar-refractivity contribution < 1.29 is 4.79 Å². The van der Waals surface area contributed by atoms with Crippen LogP contribution >= 0.6 is 24.0 Å². The molecule has 3 heterocycles. The quantitative estimate of drug-likeness (QED) is 0.485. The minimum atomic E-state index is 0.0163. The van der Waals surface area contributed by atoms with Crippen molar-refractivity contribution in [2.45, 2.75) is 40.0 Å². The predicted molar refractivity (Wildman–Crippen MR) is 127 cm³/mol. The third-order valence-corrected chi connectivity index (χ3v) is 6.80. The number of anilines is 1. The monoisotopic (exact) mass is 425 g/mol. The predicted octanol–water partition coefficient (Wildman–Crippen LogP) is 5.39. The number of pyridine rings is 1. The second-order valence-electron chi connectivity index (χ2n) is 8.28. The van der Waals surface area contributed by atoms with Crippen molar-refractivity contribution in [1.29, 1.82) is 0 Å². The van der Waals surface area contributed by atoms with Gasteiger partial charge in [0.25, 0.3) is 5.91 Å². The van der Waals surface area contributed by atoms with Gasteiger partial charge in [0, 0.05) is 30.6 Å². The summed E-state index contributed by atoms with van der Waals surface area (Å²) in [5, 5.41) is 1.11. The van der Waals surface area contributed by atoms with Crippen LogP contribution < -0.4 is 4.90 Å². The van der Waals surface area contributed by atoms with Crippen molar-refractivity contribution in [3.05, 3.63) is 40.3 Å². The number of aromatic nitrogens is 1. The lowest BCUT2D eigenvalue weighted by molar-refractivity contribution is -0.122. The van der Waals surface area contributed by atoms with Crippen LogP contribution in [0.25, 0.3) is 17.0 Å². The summed E-state index contributed by atoms with van der Waals surface area (Å²) in [4.78, 5) is 22.8. The van der Waals surface area contributed by atoms with Crippen molar-refractivity contribution in [2.75, 3.05) is 24.5 Å². The van der Waals surface area contributed by atoms with E-state index in [1.54, 1.807) is 4.90 Å². The maximum Gasteiger partial charge on any atom is 0.266 e. The zero-order chi connectivity index (χ0) is 20.5. The van der Waals surface area contributed by atoms with Crippen LogP contribution in [0.3, 0.4) is 0 Å². The van der Waals surface area contributed by atoms with Gasteiger partial charge in [0.1, 0.15) is 10.1 Å². The molecule has 4 nitrogen and oxygen atoms in total. The maximum atomic E-state index is 13.0. The van der Waals surface area contributed by atoms with E-state index in [1.807, 2.05) is 6.08 Å². The SMILES string of the molecule is Cc1cccc2cc(/C=C3\SC(=S)N(CC(C)C)C3=O)c(N3CCCCC3)nc12. The van der Waals surface area contributed by atoms with E-state index in [2.05, 4.69) is 49.9 Å². The van der Waals surface area contributed by atoms with Crippen molar-refractivity contribution >= 4 is 57.0 Å². The Labute approximate surface area is 182 Å². The second kappa shape index (κ2) is 8.44. The molecule has 0 atom stereocenters. The molecule has 2 aliphatic rings. The Morgan fingerprint density at radius 2 is 2.00 bits per heavy atom. The van der Waals surface area contributed by atoms with Gasteiger partial charge in [-0.3, -0.25) is 9.69 Å². The van der Waals surface area contributed by atoms with E-state index in [4.69, 9.17) is 17.2 Å². The number of carbonyl (C=O) groups is 1. The molecule has 0 unspecified atom stereocenters. The number of rotatable bonds is 4.